The van der Waals surface area contributed by atoms with Crippen LogP contribution in [0.3, 0.4) is 0 Å². The zero-order chi connectivity index (χ0) is 10.1. The van der Waals surface area contributed by atoms with Crippen molar-refractivity contribution in [3.05, 3.63) is 35.1 Å². The molecule has 1 aliphatic carbocycles. The van der Waals surface area contributed by atoms with Crippen molar-refractivity contribution in [3.8, 4) is 0 Å². The second-order valence-corrected chi connectivity index (χ2v) is 4.26. The highest BCUT2D eigenvalue weighted by molar-refractivity contribution is 5.35. The summed E-state index contributed by atoms with van der Waals surface area (Å²) in [6, 6.07) is 5.93. The van der Waals surface area contributed by atoms with E-state index in [1.54, 1.807) is 12.1 Å². The first-order chi connectivity index (χ1) is 6.66. The van der Waals surface area contributed by atoms with Crippen molar-refractivity contribution in [3.63, 3.8) is 0 Å². The summed E-state index contributed by atoms with van der Waals surface area (Å²) < 4.78 is 13.0. The van der Waals surface area contributed by atoms with Gasteiger partial charge in [-0.25, -0.2) is 4.39 Å². The lowest BCUT2D eigenvalue weighted by atomic mass is 10.1. The van der Waals surface area contributed by atoms with Crippen molar-refractivity contribution in [1.82, 2.24) is 5.32 Å². The summed E-state index contributed by atoms with van der Waals surface area (Å²) in [5.74, 6) is -0.124. The van der Waals surface area contributed by atoms with Gasteiger partial charge in [0.2, 0.25) is 0 Å². The molecule has 1 aliphatic rings. The number of hydrogen-bond donors (Lipinski definition) is 1. The van der Waals surface area contributed by atoms with Crippen LogP contribution in [0, 0.1) is 5.82 Å². The normalized spacial score (nSPS) is 20.1. The van der Waals surface area contributed by atoms with Crippen molar-refractivity contribution in [2.24, 2.45) is 0 Å². The van der Waals surface area contributed by atoms with Crippen molar-refractivity contribution in [2.75, 3.05) is 0 Å². The van der Waals surface area contributed by atoms with E-state index in [-0.39, 0.29) is 5.82 Å². The molecule has 0 amide bonds. The molecule has 1 N–H and O–H groups in total. The molecule has 0 bridgehead atoms. The van der Waals surface area contributed by atoms with Crippen molar-refractivity contribution < 1.29 is 4.39 Å². The Morgan fingerprint density at radius 3 is 2.93 bits per heavy atom. The SMILES string of the molecule is CC(C)NC1CCc2ccc(F)cc21. The number of aryl methyl sites for hydroxylation is 1. The number of hydrogen-bond acceptors (Lipinski definition) is 1. The molecular formula is C12H16FN. The zero-order valence-electron chi connectivity index (χ0n) is 8.68. The van der Waals surface area contributed by atoms with E-state index in [1.807, 2.05) is 6.07 Å². The fraction of sp³-hybridized carbons (Fsp3) is 0.500. The quantitative estimate of drug-likeness (QED) is 0.761. The third-order valence-corrected chi connectivity index (χ3v) is 2.72. The lowest BCUT2D eigenvalue weighted by Crippen LogP contribution is -2.26. The molecule has 0 heterocycles. The highest BCUT2D eigenvalue weighted by atomic mass is 19.1. The number of fused-ring (bicyclic) bond motifs is 1. The lowest BCUT2D eigenvalue weighted by Gasteiger charge is -2.16. The Morgan fingerprint density at radius 1 is 1.43 bits per heavy atom. The van der Waals surface area contributed by atoms with Gasteiger partial charge in [-0.1, -0.05) is 19.9 Å². The highest BCUT2D eigenvalue weighted by Crippen LogP contribution is 2.31. The Kier molecular flexibility index (Phi) is 2.55. The van der Waals surface area contributed by atoms with E-state index >= 15 is 0 Å². The van der Waals surface area contributed by atoms with E-state index in [4.69, 9.17) is 0 Å². The second-order valence-electron chi connectivity index (χ2n) is 4.26. The van der Waals surface area contributed by atoms with Gasteiger partial charge in [-0.05, 0) is 36.1 Å². The summed E-state index contributed by atoms with van der Waals surface area (Å²) in [5, 5.41) is 3.46. The highest BCUT2D eigenvalue weighted by Gasteiger charge is 2.22. The molecule has 0 fully saturated rings. The fourth-order valence-electron chi connectivity index (χ4n) is 2.15. The molecule has 1 aromatic carbocycles. The van der Waals surface area contributed by atoms with Crippen LogP contribution in [-0.2, 0) is 6.42 Å². The van der Waals surface area contributed by atoms with Gasteiger partial charge in [0, 0.05) is 12.1 Å². The van der Waals surface area contributed by atoms with Crippen molar-refractivity contribution in [2.45, 2.75) is 38.8 Å². The predicted octanol–water partition coefficient (Wildman–Crippen LogP) is 2.81. The molecule has 14 heavy (non-hydrogen) atoms. The fourth-order valence-corrected chi connectivity index (χ4v) is 2.15. The number of benzene rings is 1. The van der Waals surface area contributed by atoms with E-state index in [2.05, 4.69) is 19.2 Å². The number of rotatable bonds is 2. The van der Waals surface area contributed by atoms with Crippen LogP contribution in [0.25, 0.3) is 0 Å². The summed E-state index contributed by atoms with van der Waals surface area (Å²) >= 11 is 0. The third-order valence-electron chi connectivity index (χ3n) is 2.72. The predicted molar refractivity (Wildman–Crippen MR) is 55.7 cm³/mol. The van der Waals surface area contributed by atoms with Gasteiger partial charge >= 0.3 is 0 Å². The molecule has 1 aromatic rings. The van der Waals surface area contributed by atoms with E-state index in [0.29, 0.717) is 12.1 Å². The molecule has 0 aromatic heterocycles. The molecule has 0 saturated carbocycles. The molecule has 0 aliphatic heterocycles. The molecule has 0 spiro atoms. The van der Waals surface area contributed by atoms with Gasteiger partial charge in [0.05, 0.1) is 0 Å². The molecule has 1 unspecified atom stereocenters. The van der Waals surface area contributed by atoms with Crippen LogP contribution >= 0.6 is 0 Å². The first-order valence-electron chi connectivity index (χ1n) is 5.21. The van der Waals surface area contributed by atoms with Crippen LogP contribution in [0.4, 0.5) is 4.39 Å². The second kappa shape index (κ2) is 3.70. The Balaban J connectivity index is 2.24. The minimum Gasteiger partial charge on any atom is -0.308 e. The van der Waals surface area contributed by atoms with Gasteiger partial charge in [-0.15, -0.1) is 0 Å². The lowest BCUT2D eigenvalue weighted by molar-refractivity contribution is 0.473. The number of halogens is 1. The van der Waals surface area contributed by atoms with Gasteiger partial charge in [0.1, 0.15) is 5.82 Å². The average molecular weight is 193 g/mol. The molecule has 2 heteroatoms. The largest absolute Gasteiger partial charge is 0.308 e. The van der Waals surface area contributed by atoms with Crippen LogP contribution in [0.15, 0.2) is 18.2 Å². The molecular weight excluding hydrogens is 177 g/mol. The van der Waals surface area contributed by atoms with E-state index in [1.165, 1.54) is 5.56 Å². The molecule has 0 saturated heterocycles. The summed E-state index contributed by atoms with van der Waals surface area (Å²) in [7, 11) is 0. The zero-order valence-corrected chi connectivity index (χ0v) is 8.68. The molecule has 1 atom stereocenters. The maximum atomic E-state index is 13.0. The maximum Gasteiger partial charge on any atom is 0.123 e. The average Bonchev–Trinajstić information content (AvgIpc) is 2.47. The minimum absolute atomic E-state index is 0.124. The summed E-state index contributed by atoms with van der Waals surface area (Å²) in [6.45, 7) is 4.24. The Morgan fingerprint density at radius 2 is 2.21 bits per heavy atom. The Labute approximate surface area is 84.3 Å². The molecule has 2 rings (SSSR count). The van der Waals surface area contributed by atoms with Gasteiger partial charge in [-0.2, -0.15) is 0 Å². The smallest absolute Gasteiger partial charge is 0.123 e. The Hall–Kier alpha value is -0.890. The van der Waals surface area contributed by atoms with E-state index in [9.17, 15) is 4.39 Å². The molecule has 76 valence electrons. The van der Waals surface area contributed by atoms with Gasteiger partial charge in [0.15, 0.2) is 0 Å². The topological polar surface area (TPSA) is 12.0 Å². The first kappa shape index (κ1) is 9.66. The van der Waals surface area contributed by atoms with E-state index < -0.39 is 0 Å². The van der Waals surface area contributed by atoms with Crippen LogP contribution in [0.5, 0.6) is 0 Å². The maximum absolute atomic E-state index is 13.0. The first-order valence-corrected chi connectivity index (χ1v) is 5.21. The van der Waals surface area contributed by atoms with Gasteiger partial charge in [-0.3, -0.25) is 0 Å². The minimum atomic E-state index is -0.124. The van der Waals surface area contributed by atoms with Crippen molar-refractivity contribution >= 4 is 0 Å². The standard InChI is InChI=1S/C12H16FN/c1-8(2)14-12-6-4-9-3-5-10(13)7-11(9)12/h3,5,7-8,12,14H,4,6H2,1-2H3. The van der Waals surface area contributed by atoms with Crippen LogP contribution in [-0.4, -0.2) is 6.04 Å². The Bertz CT molecular complexity index is 333. The summed E-state index contributed by atoms with van der Waals surface area (Å²) in [5.41, 5.74) is 2.45. The van der Waals surface area contributed by atoms with Gasteiger partial charge < -0.3 is 5.32 Å². The van der Waals surface area contributed by atoms with Crippen molar-refractivity contribution in [1.29, 1.82) is 0 Å². The summed E-state index contributed by atoms with van der Waals surface area (Å²) in [4.78, 5) is 0. The van der Waals surface area contributed by atoms with Crippen LogP contribution < -0.4 is 5.32 Å². The van der Waals surface area contributed by atoms with E-state index in [0.717, 1.165) is 18.4 Å². The molecule has 0 radical (unpaired) electrons. The van der Waals surface area contributed by atoms with Gasteiger partial charge in [0.25, 0.3) is 0 Å². The monoisotopic (exact) mass is 193 g/mol. The summed E-state index contributed by atoms with van der Waals surface area (Å²) in [6.07, 6.45) is 2.16. The third kappa shape index (κ3) is 1.80. The number of nitrogens with one attached hydrogen (secondary N) is 1. The van der Waals surface area contributed by atoms with Crippen LogP contribution in [0.1, 0.15) is 37.4 Å². The molecule has 1 nitrogen and oxygen atoms in total. The van der Waals surface area contributed by atoms with Crippen LogP contribution in [0.2, 0.25) is 0 Å².